The topological polar surface area (TPSA) is 93.8 Å². The summed E-state index contributed by atoms with van der Waals surface area (Å²) in [7, 11) is 0. The highest BCUT2D eigenvalue weighted by atomic mass is 35.5. The Bertz CT molecular complexity index is 715. The molecular formula is C15H12ClN3O4. The lowest BCUT2D eigenvalue weighted by atomic mass is 10.2. The third-order valence-electron chi connectivity index (χ3n) is 2.69. The number of nitrogens with one attached hydrogen (secondary N) is 1. The van der Waals surface area contributed by atoms with Crippen LogP contribution in [0, 0.1) is 10.1 Å². The van der Waals surface area contributed by atoms with Crippen molar-refractivity contribution >= 4 is 29.4 Å². The van der Waals surface area contributed by atoms with Gasteiger partial charge in [-0.3, -0.25) is 14.9 Å². The molecule has 7 nitrogen and oxygen atoms in total. The number of halogens is 1. The Balaban J connectivity index is 1.79. The van der Waals surface area contributed by atoms with Gasteiger partial charge in [0.1, 0.15) is 5.75 Å². The maximum absolute atomic E-state index is 11.6. The highest BCUT2D eigenvalue weighted by Gasteiger charge is 2.03. The Hall–Kier alpha value is -2.93. The molecule has 0 fully saturated rings. The van der Waals surface area contributed by atoms with Gasteiger partial charge in [-0.1, -0.05) is 11.6 Å². The Morgan fingerprint density at radius 3 is 2.48 bits per heavy atom. The van der Waals surface area contributed by atoms with E-state index in [4.69, 9.17) is 16.3 Å². The number of non-ortho nitro benzene ring substituents is 1. The highest BCUT2D eigenvalue weighted by molar-refractivity contribution is 6.30. The monoisotopic (exact) mass is 333 g/mol. The second-order valence-electron chi connectivity index (χ2n) is 4.38. The number of hydrogen-bond acceptors (Lipinski definition) is 5. The fourth-order valence-electron chi connectivity index (χ4n) is 1.57. The maximum atomic E-state index is 11.6. The summed E-state index contributed by atoms with van der Waals surface area (Å²) >= 11 is 5.74. The van der Waals surface area contributed by atoms with E-state index in [2.05, 4.69) is 10.5 Å². The van der Waals surface area contributed by atoms with Crippen LogP contribution >= 0.6 is 11.6 Å². The fraction of sp³-hybridized carbons (Fsp3) is 0.0667. The molecule has 2 aromatic carbocycles. The molecule has 0 aliphatic rings. The number of ether oxygens (including phenoxy) is 1. The van der Waals surface area contributed by atoms with E-state index >= 15 is 0 Å². The molecule has 0 saturated heterocycles. The Kier molecular flexibility index (Phi) is 5.65. The molecule has 0 aromatic heterocycles. The summed E-state index contributed by atoms with van der Waals surface area (Å²) in [6, 6.07) is 12.4. The molecule has 0 aliphatic carbocycles. The van der Waals surface area contributed by atoms with E-state index in [1.54, 1.807) is 24.3 Å². The van der Waals surface area contributed by atoms with Gasteiger partial charge in [0.05, 0.1) is 11.1 Å². The van der Waals surface area contributed by atoms with Crippen molar-refractivity contribution in [3.63, 3.8) is 0 Å². The van der Waals surface area contributed by atoms with Gasteiger partial charge in [-0.2, -0.15) is 5.10 Å². The number of hydrazone groups is 1. The number of amides is 1. The second-order valence-corrected chi connectivity index (χ2v) is 4.82. The van der Waals surface area contributed by atoms with Gasteiger partial charge in [0.25, 0.3) is 11.6 Å². The van der Waals surface area contributed by atoms with E-state index < -0.39 is 10.8 Å². The van der Waals surface area contributed by atoms with Crippen molar-refractivity contribution in [3.8, 4) is 5.75 Å². The Morgan fingerprint density at radius 2 is 1.87 bits per heavy atom. The van der Waals surface area contributed by atoms with Crippen LogP contribution in [0.5, 0.6) is 5.75 Å². The molecule has 1 amide bonds. The van der Waals surface area contributed by atoms with Crippen LogP contribution in [0.4, 0.5) is 5.69 Å². The van der Waals surface area contributed by atoms with Crippen LogP contribution in [-0.4, -0.2) is 23.7 Å². The van der Waals surface area contributed by atoms with Crippen LogP contribution in [0.2, 0.25) is 5.02 Å². The Labute approximate surface area is 136 Å². The lowest BCUT2D eigenvalue weighted by Gasteiger charge is -2.04. The first-order valence-electron chi connectivity index (χ1n) is 6.49. The van der Waals surface area contributed by atoms with E-state index in [1.165, 1.54) is 30.5 Å². The zero-order chi connectivity index (χ0) is 16.7. The molecule has 1 N–H and O–H groups in total. The van der Waals surface area contributed by atoms with Crippen molar-refractivity contribution in [1.29, 1.82) is 0 Å². The highest BCUT2D eigenvalue weighted by Crippen LogP contribution is 2.15. The summed E-state index contributed by atoms with van der Waals surface area (Å²) in [4.78, 5) is 21.6. The molecule has 0 spiro atoms. The van der Waals surface area contributed by atoms with E-state index in [0.29, 0.717) is 16.3 Å². The van der Waals surface area contributed by atoms with Crippen LogP contribution in [-0.2, 0) is 4.79 Å². The minimum Gasteiger partial charge on any atom is -0.484 e. The van der Waals surface area contributed by atoms with Crippen LogP contribution < -0.4 is 10.2 Å². The average molecular weight is 334 g/mol. The first-order valence-corrected chi connectivity index (χ1v) is 6.87. The van der Waals surface area contributed by atoms with Crippen molar-refractivity contribution in [3.05, 3.63) is 69.2 Å². The Morgan fingerprint density at radius 1 is 1.22 bits per heavy atom. The van der Waals surface area contributed by atoms with E-state index in [9.17, 15) is 14.9 Å². The number of nitro groups is 1. The predicted molar refractivity (Wildman–Crippen MR) is 85.8 cm³/mol. The van der Waals surface area contributed by atoms with Crippen LogP contribution in [0.1, 0.15) is 5.56 Å². The lowest BCUT2D eigenvalue weighted by Crippen LogP contribution is -2.24. The molecule has 23 heavy (non-hydrogen) atoms. The quantitative estimate of drug-likeness (QED) is 0.499. The van der Waals surface area contributed by atoms with Gasteiger partial charge < -0.3 is 4.74 Å². The van der Waals surface area contributed by atoms with Crippen molar-refractivity contribution in [2.45, 2.75) is 0 Å². The molecule has 8 heteroatoms. The van der Waals surface area contributed by atoms with Crippen molar-refractivity contribution in [2.75, 3.05) is 6.61 Å². The first kappa shape index (κ1) is 16.4. The second kappa shape index (κ2) is 7.90. The zero-order valence-electron chi connectivity index (χ0n) is 11.8. The number of carbonyl (C=O) groups excluding carboxylic acids is 1. The molecule has 2 rings (SSSR count). The number of hydrogen-bond donors (Lipinski definition) is 1. The number of nitrogens with zero attached hydrogens (tertiary/aromatic N) is 2. The molecule has 0 heterocycles. The van der Waals surface area contributed by atoms with E-state index in [0.717, 1.165) is 0 Å². The third kappa shape index (κ3) is 5.40. The summed E-state index contributed by atoms with van der Waals surface area (Å²) in [6.45, 7) is -0.195. The molecule has 0 bridgehead atoms. The summed E-state index contributed by atoms with van der Waals surface area (Å²) < 4.78 is 5.25. The summed E-state index contributed by atoms with van der Waals surface area (Å²) in [5.74, 6) is 0.0852. The molecule has 0 unspecified atom stereocenters. The maximum Gasteiger partial charge on any atom is 0.277 e. The first-order chi connectivity index (χ1) is 11.0. The zero-order valence-corrected chi connectivity index (χ0v) is 12.6. The number of benzene rings is 2. The van der Waals surface area contributed by atoms with Gasteiger partial charge in [0.15, 0.2) is 6.61 Å². The summed E-state index contributed by atoms with van der Waals surface area (Å²) in [5, 5.41) is 14.8. The molecular weight excluding hydrogens is 322 g/mol. The minimum atomic E-state index is -0.489. The van der Waals surface area contributed by atoms with E-state index in [1.807, 2.05) is 0 Å². The van der Waals surface area contributed by atoms with Crippen LogP contribution in [0.3, 0.4) is 0 Å². The van der Waals surface area contributed by atoms with Gasteiger partial charge >= 0.3 is 0 Å². The predicted octanol–water partition coefficient (Wildman–Crippen LogP) is 2.78. The van der Waals surface area contributed by atoms with Crippen LogP contribution in [0.25, 0.3) is 0 Å². The smallest absolute Gasteiger partial charge is 0.277 e. The van der Waals surface area contributed by atoms with Crippen LogP contribution in [0.15, 0.2) is 53.6 Å². The normalized spacial score (nSPS) is 10.5. The minimum absolute atomic E-state index is 0.0115. The summed E-state index contributed by atoms with van der Waals surface area (Å²) in [6.07, 6.45) is 1.38. The number of nitro benzene ring substituents is 1. The number of rotatable bonds is 6. The lowest BCUT2D eigenvalue weighted by molar-refractivity contribution is -0.384. The molecule has 2 aromatic rings. The summed E-state index contributed by atoms with van der Waals surface area (Å²) in [5.41, 5.74) is 2.90. The van der Waals surface area contributed by atoms with Gasteiger partial charge in [0, 0.05) is 17.2 Å². The SMILES string of the molecule is O=C(COc1ccc(Cl)cc1)N/N=C\c1ccc([N+](=O)[O-])cc1. The van der Waals surface area contributed by atoms with Gasteiger partial charge in [0.2, 0.25) is 0 Å². The standard InChI is InChI=1S/C15H12ClN3O4/c16-12-3-7-14(8-4-12)23-10-15(20)18-17-9-11-1-5-13(6-2-11)19(21)22/h1-9H,10H2,(H,18,20)/b17-9-. The third-order valence-corrected chi connectivity index (χ3v) is 2.94. The molecule has 0 saturated carbocycles. The molecule has 0 radical (unpaired) electrons. The van der Waals surface area contributed by atoms with Gasteiger partial charge in [-0.25, -0.2) is 5.43 Å². The fourth-order valence-corrected chi connectivity index (χ4v) is 1.70. The molecule has 118 valence electrons. The van der Waals surface area contributed by atoms with Gasteiger partial charge in [-0.05, 0) is 42.0 Å². The van der Waals surface area contributed by atoms with Crippen molar-refractivity contribution in [1.82, 2.24) is 5.43 Å². The number of carbonyl (C=O) groups is 1. The average Bonchev–Trinajstić information content (AvgIpc) is 2.55. The molecule has 0 aliphatic heterocycles. The van der Waals surface area contributed by atoms with Crippen molar-refractivity contribution in [2.24, 2.45) is 5.10 Å². The van der Waals surface area contributed by atoms with Crippen molar-refractivity contribution < 1.29 is 14.5 Å². The van der Waals surface area contributed by atoms with Gasteiger partial charge in [-0.15, -0.1) is 0 Å². The molecule has 0 atom stereocenters. The van der Waals surface area contributed by atoms with E-state index in [-0.39, 0.29) is 12.3 Å². The largest absolute Gasteiger partial charge is 0.484 e.